The molecule has 0 heterocycles. The minimum atomic E-state index is -3.84. The maximum atomic E-state index is 12.6. The van der Waals surface area contributed by atoms with Crippen LogP contribution in [-0.4, -0.2) is 32.2 Å². The minimum absolute atomic E-state index is 0.115. The Morgan fingerprint density at radius 1 is 1.19 bits per heavy atom. The van der Waals surface area contributed by atoms with Crippen LogP contribution < -0.4 is 0 Å². The molecule has 1 aromatic rings. The molecule has 6 heteroatoms. The number of rotatable bonds is 6. The summed E-state index contributed by atoms with van der Waals surface area (Å²) in [6.45, 7) is 1.15. The van der Waals surface area contributed by atoms with Gasteiger partial charge in [0.25, 0.3) is 6.43 Å². The molecule has 0 spiro atoms. The summed E-state index contributed by atoms with van der Waals surface area (Å²) in [4.78, 5) is 0.136. The summed E-state index contributed by atoms with van der Waals surface area (Å²) in [7, 11) is -3.84. The van der Waals surface area contributed by atoms with Gasteiger partial charge in [0.15, 0.2) is 0 Å². The highest BCUT2D eigenvalue weighted by Gasteiger charge is 2.27. The van der Waals surface area contributed by atoms with Gasteiger partial charge in [-0.3, -0.25) is 0 Å². The van der Waals surface area contributed by atoms with E-state index < -0.39 is 23.0 Å². The Hall–Kier alpha value is -1.01. The molecule has 118 valence electrons. The van der Waals surface area contributed by atoms with E-state index in [9.17, 15) is 17.2 Å². The zero-order valence-corrected chi connectivity index (χ0v) is 13.0. The molecule has 0 aromatic heterocycles. The maximum absolute atomic E-state index is 12.6. The molecule has 0 fully saturated rings. The van der Waals surface area contributed by atoms with Crippen LogP contribution in [0.4, 0.5) is 8.78 Å². The van der Waals surface area contributed by atoms with Crippen molar-refractivity contribution in [3.05, 3.63) is 29.3 Å². The van der Waals surface area contributed by atoms with Gasteiger partial charge in [0.1, 0.15) is 0 Å². The number of nitrogens with zero attached hydrogens (tertiary/aromatic N) is 1. The van der Waals surface area contributed by atoms with Crippen molar-refractivity contribution in [3.63, 3.8) is 0 Å². The summed E-state index contributed by atoms with van der Waals surface area (Å²) >= 11 is 0. The van der Waals surface area contributed by atoms with Crippen molar-refractivity contribution in [2.75, 3.05) is 13.1 Å². The third-order valence-electron chi connectivity index (χ3n) is 3.77. The highest BCUT2D eigenvalue weighted by atomic mass is 32.2. The molecule has 0 aliphatic heterocycles. The van der Waals surface area contributed by atoms with Crippen molar-refractivity contribution < 1.29 is 17.2 Å². The zero-order valence-electron chi connectivity index (χ0n) is 12.2. The molecule has 1 aliphatic rings. The number of aryl methyl sites for hydroxylation is 2. The van der Waals surface area contributed by atoms with Crippen LogP contribution in [0.25, 0.3) is 0 Å². The highest BCUT2D eigenvalue weighted by molar-refractivity contribution is 7.89. The van der Waals surface area contributed by atoms with E-state index in [1.807, 2.05) is 6.07 Å². The first kappa shape index (κ1) is 16.4. The van der Waals surface area contributed by atoms with E-state index in [0.29, 0.717) is 6.42 Å². The Labute approximate surface area is 125 Å². The second kappa shape index (κ2) is 6.83. The second-order valence-electron chi connectivity index (χ2n) is 5.39. The molecule has 0 atom stereocenters. The van der Waals surface area contributed by atoms with Crippen LogP contribution >= 0.6 is 0 Å². The molecule has 3 nitrogen and oxygen atoms in total. The van der Waals surface area contributed by atoms with Gasteiger partial charge in [-0.2, -0.15) is 4.31 Å². The third-order valence-corrected chi connectivity index (χ3v) is 5.63. The van der Waals surface area contributed by atoms with E-state index >= 15 is 0 Å². The van der Waals surface area contributed by atoms with Crippen LogP contribution in [0.3, 0.4) is 0 Å². The average Bonchev–Trinajstić information content (AvgIpc) is 2.46. The first-order chi connectivity index (χ1) is 9.95. The molecule has 0 saturated carbocycles. The van der Waals surface area contributed by atoms with Gasteiger partial charge in [-0.15, -0.1) is 0 Å². The number of hydrogen-bond donors (Lipinski definition) is 0. The molecule has 0 N–H and O–H groups in total. The van der Waals surface area contributed by atoms with E-state index in [-0.39, 0.29) is 11.4 Å². The van der Waals surface area contributed by atoms with E-state index in [1.54, 1.807) is 19.1 Å². The van der Waals surface area contributed by atoms with Crippen molar-refractivity contribution >= 4 is 10.0 Å². The topological polar surface area (TPSA) is 37.4 Å². The van der Waals surface area contributed by atoms with Crippen LogP contribution in [0.15, 0.2) is 23.1 Å². The molecule has 0 unspecified atom stereocenters. The fraction of sp³-hybridized carbons (Fsp3) is 0.600. The number of benzene rings is 1. The van der Waals surface area contributed by atoms with Gasteiger partial charge < -0.3 is 0 Å². The Balaban J connectivity index is 2.32. The molecule has 21 heavy (non-hydrogen) atoms. The highest BCUT2D eigenvalue weighted by Crippen LogP contribution is 2.26. The van der Waals surface area contributed by atoms with E-state index in [0.717, 1.165) is 35.6 Å². The lowest BCUT2D eigenvalue weighted by Gasteiger charge is -2.23. The average molecular weight is 317 g/mol. The smallest absolute Gasteiger partial charge is 0.209 e. The summed E-state index contributed by atoms with van der Waals surface area (Å²) in [5, 5.41) is 0. The minimum Gasteiger partial charge on any atom is -0.209 e. The molecule has 1 aliphatic carbocycles. The Kier molecular flexibility index (Phi) is 5.32. The molecule has 0 saturated heterocycles. The summed E-state index contributed by atoms with van der Waals surface area (Å²) < 4.78 is 51.2. The van der Waals surface area contributed by atoms with E-state index in [2.05, 4.69) is 0 Å². The lowest BCUT2D eigenvalue weighted by Crippen LogP contribution is -2.35. The van der Waals surface area contributed by atoms with Crippen LogP contribution in [0.1, 0.15) is 37.3 Å². The summed E-state index contributed by atoms with van der Waals surface area (Å²) in [5.74, 6) is 0. The Bertz CT molecular complexity index is 587. The predicted octanol–water partition coefficient (Wildman–Crippen LogP) is 3.23. The fourth-order valence-corrected chi connectivity index (χ4v) is 4.29. The summed E-state index contributed by atoms with van der Waals surface area (Å²) in [6, 6.07) is 5.04. The summed E-state index contributed by atoms with van der Waals surface area (Å²) in [6.07, 6.45) is 1.84. The van der Waals surface area contributed by atoms with Crippen molar-refractivity contribution in [3.8, 4) is 0 Å². The molecule has 0 amide bonds. The van der Waals surface area contributed by atoms with Gasteiger partial charge >= 0.3 is 0 Å². The van der Waals surface area contributed by atoms with Gasteiger partial charge in [-0.05, 0) is 55.4 Å². The SMILES string of the molecule is CCCN(CC(F)F)S(=O)(=O)c1ccc2c(c1)CCCC2. The molecular weight excluding hydrogens is 296 g/mol. The molecule has 2 rings (SSSR count). The van der Waals surface area contributed by atoms with Crippen molar-refractivity contribution in [1.82, 2.24) is 4.31 Å². The van der Waals surface area contributed by atoms with Crippen molar-refractivity contribution in [2.45, 2.75) is 50.3 Å². The van der Waals surface area contributed by atoms with Crippen molar-refractivity contribution in [2.24, 2.45) is 0 Å². The number of hydrogen-bond acceptors (Lipinski definition) is 2. The second-order valence-corrected chi connectivity index (χ2v) is 7.33. The van der Waals surface area contributed by atoms with E-state index in [4.69, 9.17) is 0 Å². The van der Waals surface area contributed by atoms with Crippen LogP contribution in [0.2, 0.25) is 0 Å². The van der Waals surface area contributed by atoms with E-state index in [1.165, 1.54) is 5.56 Å². The number of sulfonamides is 1. The molecular formula is C15H21F2NO2S. The monoisotopic (exact) mass is 317 g/mol. The quantitative estimate of drug-likeness (QED) is 0.808. The lowest BCUT2D eigenvalue weighted by molar-refractivity contribution is 0.119. The largest absolute Gasteiger partial charge is 0.252 e. The van der Waals surface area contributed by atoms with Crippen molar-refractivity contribution in [1.29, 1.82) is 0 Å². The first-order valence-electron chi connectivity index (χ1n) is 7.35. The third kappa shape index (κ3) is 3.80. The van der Waals surface area contributed by atoms with Gasteiger partial charge in [0, 0.05) is 6.54 Å². The number of fused-ring (bicyclic) bond motifs is 1. The van der Waals surface area contributed by atoms with Gasteiger partial charge in [0.2, 0.25) is 10.0 Å². The fourth-order valence-electron chi connectivity index (χ4n) is 2.73. The standard InChI is InChI=1S/C15H21F2NO2S/c1-2-9-18(11-15(16)17)21(19,20)14-8-7-12-5-3-4-6-13(12)10-14/h7-8,10,15H,2-6,9,11H2,1H3. The van der Waals surface area contributed by atoms with Gasteiger partial charge in [-0.25, -0.2) is 17.2 Å². The van der Waals surface area contributed by atoms with Gasteiger partial charge in [0.05, 0.1) is 11.4 Å². The molecule has 0 radical (unpaired) electrons. The maximum Gasteiger partial charge on any atom is 0.252 e. The van der Waals surface area contributed by atoms with Crippen LogP contribution in [0.5, 0.6) is 0 Å². The first-order valence-corrected chi connectivity index (χ1v) is 8.79. The lowest BCUT2D eigenvalue weighted by atomic mass is 9.92. The van der Waals surface area contributed by atoms with Gasteiger partial charge in [-0.1, -0.05) is 13.0 Å². The number of alkyl halides is 2. The zero-order chi connectivity index (χ0) is 15.5. The summed E-state index contributed by atoms with van der Waals surface area (Å²) in [5.41, 5.74) is 2.21. The number of halogens is 2. The van der Waals surface area contributed by atoms with Crippen LogP contribution in [-0.2, 0) is 22.9 Å². The molecule has 1 aromatic carbocycles. The molecule has 0 bridgehead atoms. The Morgan fingerprint density at radius 2 is 1.86 bits per heavy atom. The Morgan fingerprint density at radius 3 is 2.48 bits per heavy atom. The predicted molar refractivity (Wildman–Crippen MR) is 78.1 cm³/mol. The normalized spacial score (nSPS) is 15.5. The van der Waals surface area contributed by atoms with Crippen LogP contribution in [0, 0.1) is 0 Å².